The predicted molar refractivity (Wildman–Crippen MR) is 199 cm³/mol. The lowest BCUT2D eigenvalue weighted by Crippen LogP contribution is -3.10. The quantitative estimate of drug-likeness (QED) is 0.150. The van der Waals surface area contributed by atoms with Crippen LogP contribution in [-0.2, 0) is 31.1 Å². The summed E-state index contributed by atoms with van der Waals surface area (Å²) in [6.07, 6.45) is 13.6. The Morgan fingerprint density at radius 2 is 1.49 bits per heavy atom. The molecule has 0 bridgehead atoms. The van der Waals surface area contributed by atoms with E-state index in [-0.39, 0.29) is 28.4 Å². The maximum absolute atomic E-state index is 11.3. The number of benzene rings is 2. The van der Waals surface area contributed by atoms with E-state index >= 15 is 0 Å². The van der Waals surface area contributed by atoms with E-state index < -0.39 is 20.2 Å². The summed E-state index contributed by atoms with van der Waals surface area (Å²) in [7, 11) is -7.98. The zero-order valence-electron chi connectivity index (χ0n) is 29.0. The number of para-hydroxylation sites is 2. The number of quaternary nitrogens is 1. The molecule has 2 heterocycles. The fraction of sp³-hybridized carbons (Fsp3) is 0.474. The maximum atomic E-state index is 11.3. The van der Waals surface area contributed by atoms with Crippen LogP contribution in [0.4, 0.5) is 11.4 Å². The lowest BCUT2D eigenvalue weighted by atomic mass is 9.80. The van der Waals surface area contributed by atoms with Crippen LogP contribution in [0.15, 0.2) is 94.7 Å². The Labute approximate surface area is 297 Å². The topological polar surface area (TPSA) is 116 Å². The third kappa shape index (κ3) is 8.60. The van der Waals surface area contributed by atoms with Crippen molar-refractivity contribution in [2.45, 2.75) is 89.5 Å². The first-order valence-electron chi connectivity index (χ1n) is 17.2. The Hall–Kier alpha value is -2.73. The van der Waals surface area contributed by atoms with Crippen molar-refractivity contribution in [1.82, 2.24) is 0 Å². The number of fused-ring (bicyclic) bond motifs is 2. The number of nitrogens with zero attached hydrogens (tertiary/aromatic N) is 1. The van der Waals surface area contributed by atoms with Crippen molar-refractivity contribution >= 4 is 43.2 Å². The van der Waals surface area contributed by atoms with Crippen molar-refractivity contribution in [3.8, 4) is 0 Å². The summed E-state index contributed by atoms with van der Waals surface area (Å²) in [4.78, 5) is 3.56. The largest absolute Gasteiger partial charge is 0.344 e. The molecule has 0 fully saturated rings. The van der Waals surface area contributed by atoms with Gasteiger partial charge in [0.25, 0.3) is 20.2 Å². The highest BCUT2D eigenvalue weighted by Gasteiger charge is 2.47. The summed E-state index contributed by atoms with van der Waals surface area (Å²) < 4.78 is 63.7. The van der Waals surface area contributed by atoms with Crippen molar-refractivity contribution < 1.29 is 30.8 Å². The van der Waals surface area contributed by atoms with Gasteiger partial charge in [-0.1, -0.05) is 74.0 Å². The smallest absolute Gasteiger partial charge is 0.264 e. The van der Waals surface area contributed by atoms with E-state index in [1.54, 1.807) is 0 Å². The minimum Gasteiger partial charge on any atom is -0.344 e. The molecule has 8 nitrogen and oxygen atoms in total. The standard InChI is InChI=1S/C38H49ClN2O6S2/c1-37(2)30-16-5-7-18-32(30)40(24-9-11-26-48(42,43)44)34(37)22-20-28-14-13-15-29(36(28)39)21-23-35-38(3,4)31-17-6-8-19-33(31)41(35)25-10-12-27-49(45,46)47/h5-8,16-23,34H,9-15,24-27H2,1-4H3,(H,42,43,44)(H,45,46,47)/p+1. The normalized spacial score (nSPS) is 23.5. The zero-order chi connectivity index (χ0) is 35.6. The molecule has 0 amide bonds. The van der Waals surface area contributed by atoms with Gasteiger partial charge in [0, 0.05) is 33.9 Å². The van der Waals surface area contributed by atoms with Crippen molar-refractivity contribution in [2.75, 3.05) is 29.5 Å². The maximum Gasteiger partial charge on any atom is 0.264 e. The summed E-state index contributed by atoms with van der Waals surface area (Å²) in [5, 5.41) is 0.774. The van der Waals surface area contributed by atoms with Gasteiger partial charge in [0.1, 0.15) is 11.7 Å². The second-order valence-electron chi connectivity index (χ2n) is 14.6. The molecule has 2 atom stereocenters. The first-order chi connectivity index (χ1) is 23.0. The predicted octanol–water partition coefficient (Wildman–Crippen LogP) is 7.04. The molecule has 1 aliphatic carbocycles. The van der Waals surface area contributed by atoms with Gasteiger partial charge < -0.3 is 4.90 Å². The number of allylic oxidation sites excluding steroid dienone is 7. The number of rotatable bonds is 13. The molecular weight excluding hydrogens is 680 g/mol. The van der Waals surface area contributed by atoms with Crippen LogP contribution in [0.1, 0.15) is 83.8 Å². The minimum absolute atomic E-state index is 0.122. The lowest BCUT2D eigenvalue weighted by Gasteiger charge is -2.28. The van der Waals surface area contributed by atoms with Crippen LogP contribution < -0.4 is 9.80 Å². The number of hydrogen-bond donors (Lipinski definition) is 3. The van der Waals surface area contributed by atoms with E-state index in [0.29, 0.717) is 32.2 Å². The monoisotopic (exact) mass is 729 g/mol. The number of hydrogen-bond acceptors (Lipinski definition) is 5. The average molecular weight is 730 g/mol. The van der Waals surface area contributed by atoms with Gasteiger partial charge >= 0.3 is 0 Å². The molecule has 0 spiro atoms. The Bertz CT molecular complexity index is 1890. The Balaban J connectivity index is 1.40. The van der Waals surface area contributed by atoms with E-state index in [2.05, 4.69) is 93.3 Å². The van der Waals surface area contributed by atoms with Crippen molar-refractivity contribution in [1.29, 1.82) is 0 Å². The molecule has 3 N–H and O–H groups in total. The molecule has 2 unspecified atom stereocenters. The van der Waals surface area contributed by atoms with E-state index in [4.69, 9.17) is 11.6 Å². The molecule has 2 aromatic carbocycles. The molecule has 3 aliphatic rings. The number of anilines is 1. The first-order valence-corrected chi connectivity index (χ1v) is 20.8. The van der Waals surface area contributed by atoms with Crippen LogP contribution >= 0.6 is 11.6 Å². The van der Waals surface area contributed by atoms with E-state index in [9.17, 15) is 25.9 Å². The zero-order valence-corrected chi connectivity index (χ0v) is 31.3. The second-order valence-corrected chi connectivity index (χ2v) is 18.1. The van der Waals surface area contributed by atoms with Gasteiger partial charge in [0.15, 0.2) is 0 Å². The van der Waals surface area contributed by atoms with Crippen LogP contribution in [0.3, 0.4) is 0 Å². The van der Waals surface area contributed by atoms with Crippen molar-refractivity contribution in [2.24, 2.45) is 0 Å². The molecule has 0 saturated carbocycles. The summed E-state index contributed by atoms with van der Waals surface area (Å²) in [6, 6.07) is 16.9. The molecule has 11 heteroatoms. The molecular formula is C38H50ClN2O6S2+. The van der Waals surface area contributed by atoms with Crippen LogP contribution in [0.2, 0.25) is 0 Å². The number of unbranched alkanes of at least 4 members (excludes halogenated alkanes) is 2. The molecule has 266 valence electrons. The second kappa shape index (κ2) is 14.9. The minimum atomic E-state index is -3.99. The third-order valence-electron chi connectivity index (χ3n) is 10.4. The Morgan fingerprint density at radius 1 is 0.857 bits per heavy atom. The van der Waals surface area contributed by atoms with Gasteiger partial charge in [-0.15, -0.1) is 0 Å². The highest BCUT2D eigenvalue weighted by atomic mass is 35.5. The van der Waals surface area contributed by atoms with Crippen LogP contribution in [0.5, 0.6) is 0 Å². The van der Waals surface area contributed by atoms with Crippen LogP contribution in [-0.4, -0.2) is 56.6 Å². The Kier molecular flexibility index (Phi) is 11.4. The van der Waals surface area contributed by atoms with E-state index in [1.807, 2.05) is 12.1 Å². The molecule has 49 heavy (non-hydrogen) atoms. The first kappa shape index (κ1) is 37.5. The molecule has 0 saturated heterocycles. The number of halogens is 1. The highest BCUT2D eigenvalue weighted by Crippen LogP contribution is 2.48. The van der Waals surface area contributed by atoms with E-state index in [1.165, 1.54) is 21.7 Å². The van der Waals surface area contributed by atoms with Gasteiger partial charge in [-0.05, 0) is 99.8 Å². The summed E-state index contributed by atoms with van der Waals surface area (Å²) in [5.41, 5.74) is 7.74. The summed E-state index contributed by atoms with van der Waals surface area (Å²) in [5.74, 6) is -0.474. The fourth-order valence-corrected chi connectivity index (χ4v) is 9.33. The van der Waals surface area contributed by atoms with Crippen molar-refractivity contribution in [3.63, 3.8) is 0 Å². The molecule has 0 radical (unpaired) electrons. The fourth-order valence-electron chi connectivity index (χ4n) is 7.88. The number of nitrogens with one attached hydrogen (secondary N) is 1. The van der Waals surface area contributed by atoms with E-state index in [0.717, 1.165) is 53.4 Å². The van der Waals surface area contributed by atoms with Crippen LogP contribution in [0.25, 0.3) is 0 Å². The summed E-state index contributed by atoms with van der Waals surface area (Å²) in [6.45, 7) is 10.3. The molecule has 2 aliphatic heterocycles. The SMILES string of the molecule is CC1(C)C(=CC=C2CCCC(C=CC3[NH+](CCCCS(=O)(=O)O)c4ccccc4C3(C)C)=C2Cl)N(CCCCS(=O)(=O)O)c2ccccc21. The average Bonchev–Trinajstić information content (AvgIpc) is 3.37. The molecule has 0 aromatic heterocycles. The van der Waals surface area contributed by atoms with Crippen LogP contribution in [0, 0.1) is 0 Å². The third-order valence-corrected chi connectivity index (χ3v) is 12.5. The molecule has 5 rings (SSSR count). The van der Waals surface area contributed by atoms with Gasteiger partial charge in [-0.2, -0.15) is 16.8 Å². The lowest BCUT2D eigenvalue weighted by molar-refractivity contribution is -0.850. The van der Waals surface area contributed by atoms with Gasteiger partial charge in [-0.3, -0.25) is 14.0 Å². The van der Waals surface area contributed by atoms with Gasteiger partial charge in [0.2, 0.25) is 0 Å². The molecule has 2 aromatic rings. The van der Waals surface area contributed by atoms with Crippen molar-refractivity contribution in [3.05, 3.63) is 106 Å². The van der Waals surface area contributed by atoms with Gasteiger partial charge in [0.05, 0.1) is 23.5 Å². The summed E-state index contributed by atoms with van der Waals surface area (Å²) >= 11 is 7.15. The van der Waals surface area contributed by atoms with Gasteiger partial charge in [-0.25, -0.2) is 0 Å². The Morgan fingerprint density at radius 3 is 2.18 bits per heavy atom. The highest BCUT2D eigenvalue weighted by molar-refractivity contribution is 7.86.